The highest BCUT2D eigenvalue weighted by Crippen LogP contribution is 2.26. The molecule has 40 heavy (non-hydrogen) atoms. The summed E-state index contributed by atoms with van der Waals surface area (Å²) in [6.45, 7) is 8.90. The summed E-state index contributed by atoms with van der Waals surface area (Å²) >= 11 is 0. The second-order valence-corrected chi connectivity index (χ2v) is 12.6. The summed E-state index contributed by atoms with van der Waals surface area (Å²) in [6, 6.07) is 21.8. The number of ether oxygens (including phenoxy) is 1. The molecule has 0 aliphatic carbocycles. The average molecular weight is 566 g/mol. The number of hydrogen-bond donors (Lipinski definition) is 1. The van der Waals surface area contributed by atoms with Crippen LogP contribution in [0.5, 0.6) is 5.75 Å². The number of hydrogen-bond acceptors (Lipinski definition) is 5. The Balaban J connectivity index is 1.99. The summed E-state index contributed by atoms with van der Waals surface area (Å²) in [5.41, 5.74) is 1.73. The minimum atomic E-state index is -4.12. The molecule has 0 saturated heterocycles. The van der Waals surface area contributed by atoms with Gasteiger partial charge >= 0.3 is 0 Å². The van der Waals surface area contributed by atoms with E-state index in [2.05, 4.69) is 5.32 Å². The van der Waals surface area contributed by atoms with Gasteiger partial charge in [0, 0.05) is 12.1 Å². The third-order valence-corrected chi connectivity index (χ3v) is 8.19. The number of methoxy groups -OCH3 is 1. The van der Waals surface area contributed by atoms with Crippen LogP contribution in [0, 0.1) is 6.92 Å². The maximum atomic E-state index is 13.9. The van der Waals surface area contributed by atoms with Gasteiger partial charge in [-0.25, -0.2) is 8.42 Å². The first-order valence-corrected chi connectivity index (χ1v) is 14.6. The maximum Gasteiger partial charge on any atom is 0.264 e. The Morgan fingerprint density at radius 1 is 0.925 bits per heavy atom. The summed E-state index contributed by atoms with van der Waals surface area (Å²) in [4.78, 5) is 28.6. The molecule has 0 radical (unpaired) electrons. The fourth-order valence-corrected chi connectivity index (χ4v) is 5.57. The molecule has 0 aliphatic heterocycles. The van der Waals surface area contributed by atoms with Crippen LogP contribution in [-0.2, 0) is 26.0 Å². The number of nitrogens with zero attached hydrogens (tertiary/aromatic N) is 2. The highest BCUT2D eigenvalue weighted by Gasteiger charge is 2.33. The van der Waals surface area contributed by atoms with E-state index in [1.54, 1.807) is 43.3 Å². The highest BCUT2D eigenvalue weighted by atomic mass is 32.2. The molecule has 0 aromatic heterocycles. The monoisotopic (exact) mass is 565 g/mol. The van der Waals surface area contributed by atoms with Crippen molar-refractivity contribution in [3.8, 4) is 5.75 Å². The first kappa shape index (κ1) is 30.7. The van der Waals surface area contributed by atoms with Gasteiger partial charge in [-0.2, -0.15) is 0 Å². The van der Waals surface area contributed by atoms with Crippen molar-refractivity contribution in [3.63, 3.8) is 0 Å². The topological polar surface area (TPSA) is 96.0 Å². The van der Waals surface area contributed by atoms with Crippen LogP contribution in [0.15, 0.2) is 83.8 Å². The lowest BCUT2D eigenvalue weighted by molar-refractivity contribution is -0.139. The molecule has 0 aliphatic rings. The first-order valence-electron chi connectivity index (χ1n) is 13.2. The fourth-order valence-electron chi connectivity index (χ4n) is 4.16. The van der Waals surface area contributed by atoms with Crippen molar-refractivity contribution in [2.75, 3.05) is 24.5 Å². The van der Waals surface area contributed by atoms with Crippen LogP contribution in [0.4, 0.5) is 5.69 Å². The van der Waals surface area contributed by atoms with Crippen molar-refractivity contribution in [1.29, 1.82) is 0 Å². The van der Waals surface area contributed by atoms with Gasteiger partial charge in [-0.15, -0.1) is 0 Å². The normalized spacial score (nSPS) is 12.3. The molecular formula is C31H39N3O5S. The van der Waals surface area contributed by atoms with Crippen molar-refractivity contribution in [2.24, 2.45) is 0 Å². The molecule has 0 spiro atoms. The van der Waals surface area contributed by atoms with Gasteiger partial charge in [-0.1, -0.05) is 48.0 Å². The number of amides is 2. The number of benzene rings is 3. The lowest BCUT2D eigenvalue weighted by Crippen LogP contribution is -2.55. The van der Waals surface area contributed by atoms with Crippen LogP contribution in [-0.4, -0.2) is 56.9 Å². The fraction of sp³-hybridized carbons (Fsp3) is 0.355. The quantitative estimate of drug-likeness (QED) is 0.367. The molecule has 0 unspecified atom stereocenters. The van der Waals surface area contributed by atoms with Crippen LogP contribution in [0.1, 0.15) is 38.8 Å². The van der Waals surface area contributed by atoms with Crippen molar-refractivity contribution < 1.29 is 22.7 Å². The van der Waals surface area contributed by atoms with E-state index in [-0.39, 0.29) is 17.3 Å². The third kappa shape index (κ3) is 8.08. The predicted octanol–water partition coefficient (Wildman–Crippen LogP) is 4.57. The molecule has 0 bridgehead atoms. The van der Waals surface area contributed by atoms with E-state index >= 15 is 0 Å². The molecule has 2 amide bonds. The van der Waals surface area contributed by atoms with Gasteiger partial charge in [0.15, 0.2) is 0 Å². The molecular weight excluding hydrogens is 526 g/mol. The zero-order valence-electron chi connectivity index (χ0n) is 24.0. The van der Waals surface area contributed by atoms with Crippen LogP contribution < -0.4 is 14.4 Å². The molecule has 8 nitrogen and oxygen atoms in total. The van der Waals surface area contributed by atoms with E-state index in [0.29, 0.717) is 17.9 Å². The van der Waals surface area contributed by atoms with Crippen LogP contribution in [0.2, 0.25) is 0 Å². The van der Waals surface area contributed by atoms with Gasteiger partial charge in [0.1, 0.15) is 18.3 Å². The highest BCUT2D eigenvalue weighted by molar-refractivity contribution is 7.92. The van der Waals surface area contributed by atoms with Crippen molar-refractivity contribution >= 4 is 27.5 Å². The Hall–Kier alpha value is -3.85. The van der Waals surface area contributed by atoms with Crippen LogP contribution in [0.3, 0.4) is 0 Å². The Kier molecular flexibility index (Phi) is 9.98. The molecule has 3 aromatic carbocycles. The van der Waals surface area contributed by atoms with E-state index in [1.165, 1.54) is 24.1 Å². The molecule has 214 valence electrons. The Morgan fingerprint density at radius 3 is 2.08 bits per heavy atom. The lowest BCUT2D eigenvalue weighted by Gasteiger charge is -2.33. The lowest BCUT2D eigenvalue weighted by atomic mass is 10.1. The van der Waals surface area contributed by atoms with Crippen LogP contribution in [0.25, 0.3) is 0 Å². The van der Waals surface area contributed by atoms with E-state index in [1.807, 2.05) is 58.0 Å². The maximum absolute atomic E-state index is 13.9. The number of carbonyl (C=O) groups is 2. The number of aryl methyl sites for hydroxylation is 1. The van der Waals surface area contributed by atoms with E-state index in [0.717, 1.165) is 15.4 Å². The van der Waals surface area contributed by atoms with Gasteiger partial charge in [0.25, 0.3) is 10.0 Å². The van der Waals surface area contributed by atoms with Gasteiger partial charge < -0.3 is 15.0 Å². The van der Waals surface area contributed by atoms with E-state index in [9.17, 15) is 18.0 Å². The minimum absolute atomic E-state index is 0.0658. The molecule has 3 rings (SSSR count). The van der Waals surface area contributed by atoms with Crippen molar-refractivity contribution in [1.82, 2.24) is 10.2 Å². The predicted molar refractivity (Wildman–Crippen MR) is 158 cm³/mol. The SMILES string of the molecule is COc1ccc(N(CC(=O)N(CCc2ccccc2)[C@H](C)C(=O)NC(C)(C)C)S(=O)(=O)c2ccc(C)cc2)cc1. The van der Waals surface area contributed by atoms with Gasteiger partial charge in [0.2, 0.25) is 11.8 Å². The summed E-state index contributed by atoms with van der Waals surface area (Å²) in [6.07, 6.45) is 0.507. The Morgan fingerprint density at radius 2 is 1.52 bits per heavy atom. The van der Waals surface area contributed by atoms with Gasteiger partial charge in [-0.3, -0.25) is 13.9 Å². The summed E-state index contributed by atoms with van der Waals surface area (Å²) in [5, 5.41) is 2.93. The summed E-state index contributed by atoms with van der Waals surface area (Å²) in [5.74, 6) is -0.245. The average Bonchev–Trinajstić information content (AvgIpc) is 2.91. The Labute approximate surface area is 238 Å². The molecule has 0 fully saturated rings. The Bertz CT molecular complexity index is 1380. The second kappa shape index (κ2) is 13.0. The number of carbonyl (C=O) groups excluding carboxylic acids is 2. The third-order valence-electron chi connectivity index (χ3n) is 6.40. The molecule has 1 atom stereocenters. The molecule has 3 aromatic rings. The number of nitrogens with one attached hydrogen (secondary N) is 1. The number of anilines is 1. The molecule has 0 saturated carbocycles. The standard InChI is InChI=1S/C31H39N3O5S/c1-23-12-18-28(19-13-23)40(37,38)34(26-14-16-27(39-6)17-15-26)22-29(35)33(21-20-25-10-8-7-9-11-25)24(2)30(36)32-31(3,4)5/h7-19,24H,20-22H2,1-6H3,(H,32,36)/t24-/m1/s1. The van der Waals surface area contributed by atoms with Gasteiger partial charge in [0.05, 0.1) is 17.7 Å². The number of rotatable bonds is 11. The molecule has 9 heteroatoms. The minimum Gasteiger partial charge on any atom is -0.497 e. The van der Waals surface area contributed by atoms with Crippen LogP contribution >= 0.6 is 0 Å². The molecule has 0 heterocycles. The summed E-state index contributed by atoms with van der Waals surface area (Å²) < 4.78 is 34.1. The smallest absolute Gasteiger partial charge is 0.264 e. The van der Waals surface area contributed by atoms with E-state index < -0.39 is 34.1 Å². The largest absolute Gasteiger partial charge is 0.497 e. The zero-order chi connectivity index (χ0) is 29.5. The summed E-state index contributed by atoms with van der Waals surface area (Å²) in [7, 11) is -2.59. The first-order chi connectivity index (χ1) is 18.8. The number of sulfonamides is 1. The van der Waals surface area contributed by atoms with E-state index in [4.69, 9.17) is 4.74 Å². The molecule has 1 N–H and O–H groups in total. The zero-order valence-corrected chi connectivity index (χ0v) is 24.9. The van der Waals surface area contributed by atoms with Crippen molar-refractivity contribution in [3.05, 3.63) is 90.0 Å². The van der Waals surface area contributed by atoms with Crippen molar-refractivity contribution in [2.45, 2.75) is 57.5 Å². The second-order valence-electron chi connectivity index (χ2n) is 10.8. The van der Waals surface area contributed by atoms with Gasteiger partial charge in [-0.05, 0) is 83.0 Å².